The van der Waals surface area contributed by atoms with Gasteiger partial charge in [0.25, 0.3) is 5.69 Å². The van der Waals surface area contributed by atoms with Crippen molar-refractivity contribution in [3.8, 4) is 5.75 Å². The molecule has 0 aromatic heterocycles. The number of nitrogens with zero attached hydrogens (tertiary/aromatic N) is 2. The summed E-state index contributed by atoms with van der Waals surface area (Å²) in [6, 6.07) is 6.74. The van der Waals surface area contributed by atoms with E-state index in [9.17, 15) is 10.1 Å². The number of hydrogen-bond donors (Lipinski definition) is 0. The maximum absolute atomic E-state index is 10.6. The highest BCUT2D eigenvalue weighted by Crippen LogP contribution is 2.21. The molecule has 86 valence electrons. The molecule has 1 fully saturated rings. The van der Waals surface area contributed by atoms with Gasteiger partial charge in [0.05, 0.1) is 11.0 Å². The molecule has 0 aliphatic carbocycles. The monoisotopic (exact) mass is 222 g/mol. The maximum atomic E-state index is 10.6. The molecule has 1 saturated heterocycles. The summed E-state index contributed by atoms with van der Waals surface area (Å²) in [6.45, 7) is 1.70. The van der Waals surface area contributed by atoms with E-state index >= 15 is 0 Å². The van der Waals surface area contributed by atoms with Crippen molar-refractivity contribution in [2.24, 2.45) is 0 Å². The lowest BCUT2D eigenvalue weighted by Gasteiger charge is -2.37. The van der Waals surface area contributed by atoms with Gasteiger partial charge in [-0.25, -0.2) is 0 Å². The zero-order chi connectivity index (χ0) is 11.5. The van der Waals surface area contributed by atoms with Crippen LogP contribution in [0.15, 0.2) is 24.3 Å². The second-order valence-electron chi connectivity index (χ2n) is 3.99. The summed E-state index contributed by atoms with van der Waals surface area (Å²) in [5, 5.41) is 10.6. The fourth-order valence-electron chi connectivity index (χ4n) is 1.66. The summed E-state index contributed by atoms with van der Waals surface area (Å²) < 4.78 is 5.53. The topological polar surface area (TPSA) is 55.6 Å². The number of ether oxygens (including phenoxy) is 1. The molecular formula is C11H14N2O3. The molecule has 1 aromatic rings. The lowest BCUT2D eigenvalue weighted by Crippen LogP contribution is -2.48. The van der Waals surface area contributed by atoms with E-state index in [4.69, 9.17) is 4.74 Å². The SMILES string of the molecule is CN1CCC1COc1cccc([N+](=O)[O-])c1. The van der Waals surface area contributed by atoms with Crippen LogP contribution >= 0.6 is 0 Å². The summed E-state index contributed by atoms with van der Waals surface area (Å²) in [5.41, 5.74) is 0.0689. The number of rotatable bonds is 4. The number of likely N-dealkylation sites (tertiary alicyclic amines) is 1. The molecule has 0 N–H and O–H groups in total. The molecule has 5 nitrogen and oxygen atoms in total. The minimum Gasteiger partial charge on any atom is -0.492 e. The molecule has 0 spiro atoms. The molecule has 1 atom stereocenters. The van der Waals surface area contributed by atoms with E-state index in [1.807, 2.05) is 7.05 Å². The van der Waals surface area contributed by atoms with Crippen molar-refractivity contribution in [2.75, 3.05) is 20.2 Å². The quantitative estimate of drug-likeness (QED) is 0.574. The fourth-order valence-corrected chi connectivity index (χ4v) is 1.66. The molecule has 1 aliphatic heterocycles. The van der Waals surface area contributed by atoms with Crippen molar-refractivity contribution >= 4 is 5.69 Å². The summed E-state index contributed by atoms with van der Waals surface area (Å²) in [6.07, 6.45) is 1.13. The Morgan fingerprint density at radius 2 is 2.44 bits per heavy atom. The van der Waals surface area contributed by atoms with Gasteiger partial charge < -0.3 is 4.74 Å². The highest BCUT2D eigenvalue weighted by molar-refractivity contribution is 5.37. The Balaban J connectivity index is 1.93. The van der Waals surface area contributed by atoms with E-state index in [2.05, 4.69) is 4.90 Å². The van der Waals surface area contributed by atoms with E-state index in [1.54, 1.807) is 12.1 Å². The molecule has 1 aliphatic rings. The van der Waals surface area contributed by atoms with Crippen molar-refractivity contribution < 1.29 is 9.66 Å². The average molecular weight is 222 g/mol. The second-order valence-corrected chi connectivity index (χ2v) is 3.99. The van der Waals surface area contributed by atoms with Crippen molar-refractivity contribution in [1.29, 1.82) is 0 Å². The summed E-state index contributed by atoms with van der Waals surface area (Å²) in [4.78, 5) is 12.3. The number of non-ortho nitro benzene ring substituents is 1. The van der Waals surface area contributed by atoms with Gasteiger partial charge in [0.1, 0.15) is 12.4 Å². The van der Waals surface area contributed by atoms with Gasteiger partial charge in [0.15, 0.2) is 0 Å². The Kier molecular flexibility index (Phi) is 3.05. The molecular weight excluding hydrogens is 208 g/mol. The first kappa shape index (κ1) is 10.9. The normalized spacial score (nSPS) is 20.2. The van der Waals surface area contributed by atoms with E-state index in [0.29, 0.717) is 18.4 Å². The van der Waals surface area contributed by atoms with Crippen molar-refractivity contribution in [1.82, 2.24) is 4.90 Å². The highest BCUT2D eigenvalue weighted by atomic mass is 16.6. The summed E-state index contributed by atoms with van der Waals surface area (Å²) >= 11 is 0. The Bertz CT molecular complexity index is 395. The second kappa shape index (κ2) is 4.49. The van der Waals surface area contributed by atoms with Crippen LogP contribution in [0.3, 0.4) is 0 Å². The maximum Gasteiger partial charge on any atom is 0.273 e. The van der Waals surface area contributed by atoms with Crippen molar-refractivity contribution in [3.05, 3.63) is 34.4 Å². The van der Waals surface area contributed by atoms with Crippen molar-refractivity contribution in [2.45, 2.75) is 12.5 Å². The summed E-state index contributed by atoms with van der Waals surface area (Å²) in [5.74, 6) is 0.564. The molecule has 0 saturated carbocycles. The van der Waals surface area contributed by atoms with Gasteiger partial charge in [-0.1, -0.05) is 6.07 Å². The van der Waals surface area contributed by atoms with Gasteiger partial charge >= 0.3 is 0 Å². The molecule has 5 heteroatoms. The predicted octanol–water partition coefficient (Wildman–Crippen LogP) is 1.68. The zero-order valence-electron chi connectivity index (χ0n) is 9.13. The molecule has 1 aromatic carbocycles. The van der Waals surface area contributed by atoms with Crippen LogP contribution in [-0.4, -0.2) is 36.1 Å². The molecule has 16 heavy (non-hydrogen) atoms. The fraction of sp³-hybridized carbons (Fsp3) is 0.455. The molecule has 0 bridgehead atoms. The minimum absolute atomic E-state index is 0.0689. The van der Waals surface area contributed by atoms with Crippen LogP contribution in [0.4, 0.5) is 5.69 Å². The Morgan fingerprint density at radius 3 is 3.00 bits per heavy atom. The van der Waals surface area contributed by atoms with E-state index in [-0.39, 0.29) is 5.69 Å². The summed E-state index contributed by atoms with van der Waals surface area (Å²) in [7, 11) is 2.05. The number of hydrogen-bond acceptors (Lipinski definition) is 4. The Morgan fingerprint density at radius 1 is 1.62 bits per heavy atom. The first-order chi connectivity index (χ1) is 7.66. The van der Waals surface area contributed by atoms with Crippen LogP contribution in [0.2, 0.25) is 0 Å². The van der Waals surface area contributed by atoms with Gasteiger partial charge in [0, 0.05) is 12.1 Å². The largest absolute Gasteiger partial charge is 0.492 e. The third-order valence-electron chi connectivity index (χ3n) is 2.91. The van der Waals surface area contributed by atoms with Gasteiger partial charge in [0.2, 0.25) is 0 Å². The molecule has 2 rings (SSSR count). The van der Waals surface area contributed by atoms with E-state index in [1.165, 1.54) is 12.1 Å². The number of nitro groups is 1. The number of likely N-dealkylation sites (N-methyl/N-ethyl adjacent to an activating group) is 1. The smallest absolute Gasteiger partial charge is 0.273 e. The standard InChI is InChI=1S/C11H14N2O3/c1-12-6-5-10(12)8-16-11-4-2-3-9(7-11)13(14)15/h2-4,7,10H,5-6,8H2,1H3. The van der Waals surface area contributed by atoms with Crippen LogP contribution in [-0.2, 0) is 0 Å². The average Bonchev–Trinajstić information content (AvgIpc) is 2.27. The first-order valence-corrected chi connectivity index (χ1v) is 5.24. The van der Waals surface area contributed by atoms with Crippen molar-refractivity contribution in [3.63, 3.8) is 0 Å². The third kappa shape index (κ3) is 2.30. The zero-order valence-corrected chi connectivity index (χ0v) is 9.13. The van der Waals surface area contributed by atoms with Gasteiger partial charge in [-0.3, -0.25) is 15.0 Å². The van der Waals surface area contributed by atoms with Crippen LogP contribution in [0.25, 0.3) is 0 Å². The molecule has 0 radical (unpaired) electrons. The van der Waals surface area contributed by atoms with E-state index < -0.39 is 4.92 Å². The van der Waals surface area contributed by atoms with Crippen LogP contribution in [0.5, 0.6) is 5.75 Å². The number of nitro benzene ring substituents is 1. The number of benzene rings is 1. The Hall–Kier alpha value is -1.62. The third-order valence-corrected chi connectivity index (χ3v) is 2.91. The minimum atomic E-state index is -0.414. The van der Waals surface area contributed by atoms with Crippen LogP contribution < -0.4 is 4.74 Å². The first-order valence-electron chi connectivity index (χ1n) is 5.24. The predicted molar refractivity (Wildman–Crippen MR) is 59.6 cm³/mol. The van der Waals surface area contributed by atoms with Crippen LogP contribution in [0.1, 0.15) is 6.42 Å². The lowest BCUT2D eigenvalue weighted by atomic mass is 10.1. The van der Waals surface area contributed by atoms with Gasteiger partial charge in [-0.2, -0.15) is 0 Å². The van der Waals surface area contributed by atoms with Crippen LogP contribution in [0, 0.1) is 10.1 Å². The molecule has 1 unspecified atom stereocenters. The lowest BCUT2D eigenvalue weighted by molar-refractivity contribution is -0.384. The molecule has 0 amide bonds. The molecule has 1 heterocycles. The van der Waals surface area contributed by atoms with Gasteiger partial charge in [-0.05, 0) is 26.1 Å². The van der Waals surface area contributed by atoms with E-state index in [0.717, 1.165) is 13.0 Å². The highest BCUT2D eigenvalue weighted by Gasteiger charge is 2.24. The van der Waals surface area contributed by atoms with Gasteiger partial charge in [-0.15, -0.1) is 0 Å². The Labute approximate surface area is 93.8 Å².